The van der Waals surface area contributed by atoms with Crippen LogP contribution in [0.2, 0.25) is 0 Å². The molecule has 0 spiro atoms. The monoisotopic (exact) mass is 382 g/mol. The molecule has 0 radical (unpaired) electrons. The Morgan fingerprint density at radius 1 is 1.11 bits per heavy atom. The first-order valence-electron chi connectivity index (χ1n) is 9.47. The Hall–Kier alpha value is -2.40. The largest absolute Gasteiger partial charge is 0.494 e. The van der Waals surface area contributed by atoms with Crippen LogP contribution in [0, 0.1) is 5.82 Å². The van der Waals surface area contributed by atoms with E-state index in [9.17, 15) is 4.39 Å². The van der Waals surface area contributed by atoms with Gasteiger partial charge in [-0.05, 0) is 57.0 Å². The van der Waals surface area contributed by atoms with Crippen LogP contribution in [0.4, 0.5) is 10.1 Å². The summed E-state index contributed by atoms with van der Waals surface area (Å²) < 4.78 is 22.2. The third-order valence-corrected chi connectivity index (χ3v) is 5.85. The van der Waals surface area contributed by atoms with Crippen molar-refractivity contribution in [2.24, 2.45) is 4.99 Å². The van der Waals surface area contributed by atoms with Crippen LogP contribution in [0.1, 0.15) is 38.3 Å². The molecular weight excluding hydrogens is 359 g/mol. The van der Waals surface area contributed by atoms with Gasteiger partial charge in [0.1, 0.15) is 11.6 Å². The van der Waals surface area contributed by atoms with Gasteiger partial charge in [0.15, 0.2) is 4.80 Å². The summed E-state index contributed by atoms with van der Waals surface area (Å²) >= 11 is 1.58. The van der Waals surface area contributed by atoms with E-state index in [2.05, 4.69) is 11.5 Å². The van der Waals surface area contributed by atoms with E-state index in [0.717, 1.165) is 27.7 Å². The Labute approximate surface area is 162 Å². The summed E-state index contributed by atoms with van der Waals surface area (Å²) in [5.74, 6) is 1.19. The average molecular weight is 383 g/mol. The molecule has 1 fully saturated rings. The first-order valence-corrected chi connectivity index (χ1v) is 10.3. The Morgan fingerprint density at radius 2 is 1.85 bits per heavy atom. The quantitative estimate of drug-likeness (QED) is 0.522. The summed E-state index contributed by atoms with van der Waals surface area (Å²) in [4.78, 5) is 6.80. The molecule has 0 atom stereocenters. The summed E-state index contributed by atoms with van der Waals surface area (Å²) in [5.41, 5.74) is 2.79. The van der Waals surface area contributed by atoms with Gasteiger partial charge < -0.3 is 9.30 Å². The molecule has 1 aromatic heterocycles. The molecule has 0 N–H and O–H groups in total. The normalized spacial score (nSPS) is 14.6. The molecule has 0 unspecified atom stereocenters. The third kappa shape index (κ3) is 3.69. The van der Waals surface area contributed by atoms with E-state index >= 15 is 0 Å². The maximum atomic E-state index is 14.5. The Kier molecular flexibility index (Phi) is 5.12. The van der Waals surface area contributed by atoms with Crippen molar-refractivity contribution in [3.05, 3.63) is 64.8 Å². The number of halogens is 1. The van der Waals surface area contributed by atoms with Crippen molar-refractivity contribution in [2.45, 2.75) is 39.2 Å². The van der Waals surface area contributed by atoms with Crippen LogP contribution in [0.3, 0.4) is 0 Å². The van der Waals surface area contributed by atoms with Crippen molar-refractivity contribution in [1.82, 2.24) is 4.57 Å². The molecule has 3 aromatic rings. The van der Waals surface area contributed by atoms with Crippen LogP contribution in [0.25, 0.3) is 10.4 Å². The predicted molar refractivity (Wildman–Crippen MR) is 108 cm³/mol. The highest BCUT2D eigenvalue weighted by Gasteiger charge is 2.31. The second-order valence-electron chi connectivity index (χ2n) is 6.64. The zero-order valence-electron chi connectivity index (χ0n) is 15.6. The second kappa shape index (κ2) is 7.69. The molecule has 27 heavy (non-hydrogen) atoms. The first kappa shape index (κ1) is 18.0. The lowest BCUT2D eigenvalue weighted by Crippen LogP contribution is -2.15. The minimum atomic E-state index is -0.170. The number of ether oxygens (including phenoxy) is 1. The second-order valence-corrected chi connectivity index (χ2v) is 7.61. The number of rotatable bonds is 6. The minimum absolute atomic E-state index is 0.170. The fourth-order valence-corrected chi connectivity index (χ4v) is 4.64. The van der Waals surface area contributed by atoms with Crippen molar-refractivity contribution in [3.63, 3.8) is 0 Å². The summed E-state index contributed by atoms with van der Waals surface area (Å²) in [7, 11) is 0. The Bertz CT molecular complexity index is 1000. The van der Waals surface area contributed by atoms with E-state index in [1.165, 1.54) is 24.6 Å². The maximum absolute atomic E-state index is 14.5. The van der Waals surface area contributed by atoms with E-state index in [4.69, 9.17) is 9.73 Å². The molecule has 0 amide bonds. The Balaban J connectivity index is 1.83. The summed E-state index contributed by atoms with van der Waals surface area (Å²) in [5, 5.41) is 0. The number of benzene rings is 2. The van der Waals surface area contributed by atoms with Crippen molar-refractivity contribution in [2.75, 3.05) is 6.61 Å². The molecule has 2 aromatic carbocycles. The van der Waals surface area contributed by atoms with E-state index in [1.807, 2.05) is 43.3 Å². The number of hydrogen-bond acceptors (Lipinski definition) is 3. The zero-order valence-corrected chi connectivity index (χ0v) is 16.4. The van der Waals surface area contributed by atoms with Gasteiger partial charge in [-0.3, -0.25) is 0 Å². The molecule has 1 aliphatic rings. The van der Waals surface area contributed by atoms with Crippen LogP contribution >= 0.6 is 11.3 Å². The van der Waals surface area contributed by atoms with Crippen LogP contribution in [0.5, 0.6) is 5.75 Å². The molecule has 1 heterocycles. The van der Waals surface area contributed by atoms with Crippen LogP contribution in [-0.4, -0.2) is 11.2 Å². The van der Waals surface area contributed by atoms with Crippen molar-refractivity contribution in [1.29, 1.82) is 0 Å². The lowest BCUT2D eigenvalue weighted by atomic mass is 10.1. The van der Waals surface area contributed by atoms with E-state index in [1.54, 1.807) is 17.4 Å². The molecule has 4 rings (SSSR count). The molecule has 1 aliphatic carbocycles. The number of nitrogens with zero attached hydrogens (tertiary/aromatic N) is 2. The van der Waals surface area contributed by atoms with Gasteiger partial charge in [0, 0.05) is 23.7 Å². The molecular formula is C22H23FN2OS. The SMILES string of the molecule is CCOc1ccc(N=c2sc(-c3ccccc3F)c(C3CC3)n2CC)cc1. The zero-order chi connectivity index (χ0) is 18.8. The topological polar surface area (TPSA) is 26.5 Å². The van der Waals surface area contributed by atoms with Gasteiger partial charge in [-0.2, -0.15) is 0 Å². The first-order chi connectivity index (χ1) is 13.2. The third-order valence-electron chi connectivity index (χ3n) is 4.72. The van der Waals surface area contributed by atoms with Gasteiger partial charge in [-0.1, -0.05) is 29.5 Å². The molecule has 0 saturated heterocycles. The molecule has 3 nitrogen and oxygen atoms in total. The highest BCUT2D eigenvalue weighted by atomic mass is 32.1. The van der Waals surface area contributed by atoms with Crippen molar-refractivity contribution < 1.29 is 9.13 Å². The fourth-order valence-electron chi connectivity index (χ4n) is 3.31. The minimum Gasteiger partial charge on any atom is -0.494 e. The highest BCUT2D eigenvalue weighted by molar-refractivity contribution is 7.13. The lowest BCUT2D eigenvalue weighted by molar-refractivity contribution is 0.340. The van der Waals surface area contributed by atoms with Crippen LogP contribution < -0.4 is 9.54 Å². The van der Waals surface area contributed by atoms with Gasteiger partial charge in [0.25, 0.3) is 0 Å². The standard InChI is InChI=1S/C22H23FN2OS/c1-3-25-20(15-9-10-15)21(18-7-5-6-8-19(18)23)27-22(25)24-16-11-13-17(14-12-16)26-4-2/h5-8,11-15H,3-4,9-10H2,1-2H3. The molecule has 0 bridgehead atoms. The molecule has 1 saturated carbocycles. The van der Waals surface area contributed by atoms with Gasteiger partial charge in [0.2, 0.25) is 0 Å². The number of thiazole rings is 1. The van der Waals surface area contributed by atoms with Crippen molar-refractivity contribution in [3.8, 4) is 16.2 Å². The van der Waals surface area contributed by atoms with E-state index in [-0.39, 0.29) is 5.82 Å². The van der Waals surface area contributed by atoms with Gasteiger partial charge in [-0.25, -0.2) is 9.38 Å². The maximum Gasteiger partial charge on any atom is 0.190 e. The summed E-state index contributed by atoms with van der Waals surface area (Å²) in [6.45, 7) is 5.57. The molecule has 5 heteroatoms. The Morgan fingerprint density at radius 3 is 2.48 bits per heavy atom. The van der Waals surface area contributed by atoms with Gasteiger partial charge in [0.05, 0.1) is 17.2 Å². The van der Waals surface area contributed by atoms with Gasteiger partial charge in [-0.15, -0.1) is 0 Å². The lowest BCUT2D eigenvalue weighted by Gasteiger charge is -2.08. The van der Waals surface area contributed by atoms with Crippen LogP contribution in [-0.2, 0) is 6.54 Å². The van der Waals surface area contributed by atoms with Crippen molar-refractivity contribution >= 4 is 17.0 Å². The van der Waals surface area contributed by atoms with E-state index in [0.29, 0.717) is 18.1 Å². The summed E-state index contributed by atoms with van der Waals surface area (Å²) in [6, 6.07) is 14.8. The predicted octanol–water partition coefficient (Wildman–Crippen LogP) is 5.88. The number of hydrogen-bond donors (Lipinski definition) is 0. The highest BCUT2D eigenvalue weighted by Crippen LogP contribution is 2.46. The van der Waals surface area contributed by atoms with E-state index < -0.39 is 0 Å². The smallest absolute Gasteiger partial charge is 0.190 e. The molecule has 140 valence electrons. The number of aromatic nitrogens is 1. The molecule has 0 aliphatic heterocycles. The average Bonchev–Trinajstić information content (AvgIpc) is 3.46. The van der Waals surface area contributed by atoms with Crippen LogP contribution in [0.15, 0.2) is 53.5 Å². The fraction of sp³-hybridized carbons (Fsp3) is 0.318. The van der Waals surface area contributed by atoms with Gasteiger partial charge >= 0.3 is 0 Å². The summed E-state index contributed by atoms with van der Waals surface area (Å²) in [6.07, 6.45) is 2.33.